The first kappa shape index (κ1) is 14.3. The van der Waals surface area contributed by atoms with E-state index < -0.39 is 5.97 Å². The molecule has 0 amide bonds. The third-order valence-electron chi connectivity index (χ3n) is 3.37. The van der Waals surface area contributed by atoms with Crippen molar-refractivity contribution in [3.8, 4) is 11.3 Å². The maximum atomic E-state index is 11.4. The van der Waals surface area contributed by atoms with Crippen LogP contribution in [-0.4, -0.2) is 20.9 Å². The van der Waals surface area contributed by atoms with Crippen LogP contribution in [0.2, 0.25) is 0 Å². The van der Waals surface area contributed by atoms with Gasteiger partial charge >= 0.3 is 5.97 Å². The minimum atomic E-state index is -0.928. The third kappa shape index (κ3) is 2.90. The minimum Gasteiger partial charge on any atom is -0.478 e. The summed E-state index contributed by atoms with van der Waals surface area (Å²) >= 11 is 0. The Hall–Kier alpha value is -2.10. The van der Waals surface area contributed by atoms with Crippen LogP contribution in [0.3, 0.4) is 0 Å². The molecular formula is C16H20N2O2. The lowest BCUT2D eigenvalue weighted by Crippen LogP contribution is -1.98. The van der Waals surface area contributed by atoms with E-state index in [2.05, 4.69) is 12.0 Å². The molecule has 4 heteroatoms. The molecule has 0 saturated heterocycles. The number of aromatic nitrogens is 2. The second-order valence-electron chi connectivity index (χ2n) is 5.13. The fraction of sp³-hybridized carbons (Fsp3) is 0.375. The lowest BCUT2D eigenvalue weighted by atomic mass is 10.0. The van der Waals surface area contributed by atoms with Gasteiger partial charge in [0.25, 0.3) is 0 Å². The average molecular weight is 272 g/mol. The summed E-state index contributed by atoms with van der Waals surface area (Å²) < 4.78 is 1.74. The lowest BCUT2D eigenvalue weighted by molar-refractivity contribution is 0.0697. The molecule has 2 aromatic rings. The molecule has 1 aromatic heterocycles. The summed E-state index contributed by atoms with van der Waals surface area (Å²) in [7, 11) is 0. The van der Waals surface area contributed by atoms with Gasteiger partial charge in [0, 0.05) is 18.3 Å². The quantitative estimate of drug-likeness (QED) is 0.903. The molecule has 0 radical (unpaired) electrons. The number of carboxylic acids is 1. The summed E-state index contributed by atoms with van der Waals surface area (Å²) in [5.41, 5.74) is 3.93. The van der Waals surface area contributed by atoms with Crippen LogP contribution in [0, 0.1) is 13.8 Å². The van der Waals surface area contributed by atoms with Crippen molar-refractivity contribution in [3.05, 3.63) is 41.1 Å². The number of nitrogens with zero attached hydrogens (tertiary/aromatic N) is 2. The number of benzene rings is 1. The van der Waals surface area contributed by atoms with Crippen molar-refractivity contribution in [2.45, 2.75) is 40.2 Å². The van der Waals surface area contributed by atoms with Gasteiger partial charge in [-0.1, -0.05) is 37.1 Å². The van der Waals surface area contributed by atoms with Gasteiger partial charge in [0.2, 0.25) is 0 Å². The molecule has 0 spiro atoms. The summed E-state index contributed by atoms with van der Waals surface area (Å²) in [5, 5.41) is 13.8. The first-order valence-corrected chi connectivity index (χ1v) is 6.91. The predicted molar refractivity (Wildman–Crippen MR) is 79.0 cm³/mol. The van der Waals surface area contributed by atoms with Crippen molar-refractivity contribution in [1.82, 2.24) is 9.78 Å². The number of hydrogen-bond donors (Lipinski definition) is 1. The smallest absolute Gasteiger partial charge is 0.339 e. The van der Waals surface area contributed by atoms with Crippen molar-refractivity contribution in [2.75, 3.05) is 0 Å². The zero-order valence-electron chi connectivity index (χ0n) is 12.2. The SMILES string of the molecule is CCCCn1cc(C(=O)O)c(-c2ccc(C)cc2C)n1. The minimum absolute atomic E-state index is 0.271. The maximum Gasteiger partial charge on any atom is 0.339 e. The van der Waals surface area contributed by atoms with Gasteiger partial charge in [-0.05, 0) is 25.8 Å². The summed E-state index contributed by atoms with van der Waals surface area (Å²) in [6.07, 6.45) is 3.68. The maximum absolute atomic E-state index is 11.4. The fourth-order valence-electron chi connectivity index (χ4n) is 2.29. The van der Waals surface area contributed by atoms with Crippen molar-refractivity contribution < 1.29 is 9.90 Å². The van der Waals surface area contributed by atoms with Gasteiger partial charge < -0.3 is 5.11 Å². The summed E-state index contributed by atoms with van der Waals surface area (Å²) in [6.45, 7) is 6.86. The molecule has 0 saturated carbocycles. The molecule has 1 heterocycles. The highest BCUT2D eigenvalue weighted by Gasteiger charge is 2.18. The first-order chi connectivity index (χ1) is 9.52. The van der Waals surface area contributed by atoms with Gasteiger partial charge in [-0.25, -0.2) is 4.79 Å². The molecular weight excluding hydrogens is 252 g/mol. The normalized spacial score (nSPS) is 10.8. The van der Waals surface area contributed by atoms with E-state index in [9.17, 15) is 9.90 Å². The van der Waals surface area contributed by atoms with Gasteiger partial charge in [-0.15, -0.1) is 0 Å². The van der Waals surface area contributed by atoms with E-state index in [0.29, 0.717) is 5.69 Å². The molecule has 0 fully saturated rings. The number of rotatable bonds is 5. The fourth-order valence-corrected chi connectivity index (χ4v) is 2.29. The highest BCUT2D eigenvalue weighted by Crippen LogP contribution is 2.26. The molecule has 0 atom stereocenters. The standard InChI is InChI=1S/C16H20N2O2/c1-4-5-8-18-10-14(16(19)20)15(17-18)13-7-6-11(2)9-12(13)3/h6-7,9-10H,4-5,8H2,1-3H3,(H,19,20). The van der Waals surface area contributed by atoms with Crippen LogP contribution in [0.1, 0.15) is 41.3 Å². The Morgan fingerprint density at radius 1 is 1.35 bits per heavy atom. The van der Waals surface area contributed by atoms with Crippen LogP contribution in [0.5, 0.6) is 0 Å². The Morgan fingerprint density at radius 3 is 2.70 bits per heavy atom. The zero-order valence-corrected chi connectivity index (χ0v) is 12.2. The Morgan fingerprint density at radius 2 is 2.10 bits per heavy atom. The molecule has 106 valence electrons. The number of carboxylic acid groups (broad SMARTS) is 1. The Bertz CT molecular complexity index is 629. The third-order valence-corrected chi connectivity index (χ3v) is 3.37. The van der Waals surface area contributed by atoms with Crippen molar-refractivity contribution >= 4 is 5.97 Å². The largest absolute Gasteiger partial charge is 0.478 e. The van der Waals surface area contributed by atoms with Crippen LogP contribution in [-0.2, 0) is 6.54 Å². The summed E-state index contributed by atoms with van der Waals surface area (Å²) in [6, 6.07) is 5.98. The molecule has 0 aliphatic carbocycles. The van der Waals surface area contributed by atoms with Crippen LogP contribution < -0.4 is 0 Å². The number of carbonyl (C=O) groups is 1. The highest BCUT2D eigenvalue weighted by atomic mass is 16.4. The molecule has 1 N–H and O–H groups in total. The number of unbranched alkanes of at least 4 members (excludes halogenated alkanes) is 1. The number of aryl methyl sites for hydroxylation is 3. The molecule has 20 heavy (non-hydrogen) atoms. The zero-order chi connectivity index (χ0) is 14.7. The summed E-state index contributed by atoms with van der Waals surface area (Å²) in [5.74, 6) is -0.928. The Kier molecular flexibility index (Phi) is 4.23. The number of aromatic carboxylic acids is 1. The summed E-state index contributed by atoms with van der Waals surface area (Å²) in [4.78, 5) is 11.4. The molecule has 0 aliphatic rings. The van der Waals surface area contributed by atoms with Crippen LogP contribution in [0.4, 0.5) is 0 Å². The van der Waals surface area contributed by atoms with Gasteiger partial charge in [-0.2, -0.15) is 5.10 Å². The van der Waals surface area contributed by atoms with Gasteiger partial charge in [-0.3, -0.25) is 4.68 Å². The number of hydrogen-bond acceptors (Lipinski definition) is 2. The van der Waals surface area contributed by atoms with Gasteiger partial charge in [0.15, 0.2) is 0 Å². The van der Waals surface area contributed by atoms with Crippen molar-refractivity contribution in [1.29, 1.82) is 0 Å². The molecule has 1 aromatic carbocycles. The van der Waals surface area contributed by atoms with E-state index >= 15 is 0 Å². The molecule has 0 aliphatic heterocycles. The van der Waals surface area contributed by atoms with E-state index in [1.807, 2.05) is 32.0 Å². The van der Waals surface area contributed by atoms with Crippen molar-refractivity contribution in [3.63, 3.8) is 0 Å². The van der Waals surface area contributed by atoms with Gasteiger partial charge in [0.05, 0.1) is 0 Å². The molecule has 0 unspecified atom stereocenters. The monoisotopic (exact) mass is 272 g/mol. The second kappa shape index (κ2) is 5.90. The van der Waals surface area contributed by atoms with Crippen molar-refractivity contribution in [2.24, 2.45) is 0 Å². The average Bonchev–Trinajstić information content (AvgIpc) is 2.80. The van der Waals surface area contributed by atoms with E-state index in [4.69, 9.17) is 0 Å². The van der Waals surface area contributed by atoms with E-state index in [0.717, 1.165) is 36.1 Å². The van der Waals surface area contributed by atoms with Gasteiger partial charge in [0.1, 0.15) is 11.3 Å². The second-order valence-corrected chi connectivity index (χ2v) is 5.13. The Balaban J connectivity index is 2.48. The van der Waals surface area contributed by atoms with E-state index in [-0.39, 0.29) is 5.56 Å². The lowest BCUT2D eigenvalue weighted by Gasteiger charge is -2.05. The first-order valence-electron chi connectivity index (χ1n) is 6.91. The highest BCUT2D eigenvalue weighted by molar-refractivity contribution is 5.95. The predicted octanol–water partition coefficient (Wildman–Crippen LogP) is 3.67. The topological polar surface area (TPSA) is 55.1 Å². The molecule has 0 bridgehead atoms. The van der Waals surface area contributed by atoms with Crippen LogP contribution in [0.15, 0.2) is 24.4 Å². The Labute approximate surface area is 119 Å². The molecule has 2 rings (SSSR count). The van der Waals surface area contributed by atoms with E-state index in [1.54, 1.807) is 10.9 Å². The van der Waals surface area contributed by atoms with E-state index in [1.165, 1.54) is 0 Å². The van der Waals surface area contributed by atoms with Crippen LogP contribution >= 0.6 is 0 Å². The molecule has 4 nitrogen and oxygen atoms in total. The van der Waals surface area contributed by atoms with Crippen LogP contribution in [0.25, 0.3) is 11.3 Å².